The second-order valence-electron chi connectivity index (χ2n) is 4.81. The molecular formula is C14H22N2O2. The van der Waals surface area contributed by atoms with Crippen molar-refractivity contribution in [1.82, 2.24) is 5.32 Å². The predicted molar refractivity (Wildman–Crippen MR) is 73.6 cm³/mol. The standard InChI is InChI=1S/C14H22N2O2/c1-10(2)8-14(17)16-6-7-18-12-4-5-13(15)11(3)9-12/h4-5,9-10H,6-8,15H2,1-3H3,(H,16,17). The summed E-state index contributed by atoms with van der Waals surface area (Å²) in [5, 5.41) is 2.82. The van der Waals surface area contributed by atoms with Crippen LogP contribution in [-0.4, -0.2) is 19.1 Å². The maximum absolute atomic E-state index is 11.4. The van der Waals surface area contributed by atoms with Crippen LogP contribution in [0.2, 0.25) is 0 Å². The highest BCUT2D eigenvalue weighted by atomic mass is 16.5. The number of benzene rings is 1. The van der Waals surface area contributed by atoms with Crippen molar-refractivity contribution in [3.05, 3.63) is 23.8 Å². The van der Waals surface area contributed by atoms with Crippen molar-refractivity contribution in [3.8, 4) is 5.75 Å². The van der Waals surface area contributed by atoms with Gasteiger partial charge in [0, 0.05) is 12.1 Å². The number of hydrogen-bond donors (Lipinski definition) is 2. The Morgan fingerprint density at radius 3 is 2.78 bits per heavy atom. The molecular weight excluding hydrogens is 228 g/mol. The van der Waals surface area contributed by atoms with Crippen molar-refractivity contribution in [2.24, 2.45) is 5.92 Å². The van der Waals surface area contributed by atoms with Crippen LogP contribution >= 0.6 is 0 Å². The Bertz CT molecular complexity index is 403. The van der Waals surface area contributed by atoms with Gasteiger partial charge in [-0.15, -0.1) is 0 Å². The van der Waals surface area contributed by atoms with Crippen molar-refractivity contribution < 1.29 is 9.53 Å². The van der Waals surface area contributed by atoms with Crippen LogP contribution in [-0.2, 0) is 4.79 Å². The molecule has 0 aromatic heterocycles. The van der Waals surface area contributed by atoms with Gasteiger partial charge in [0.25, 0.3) is 0 Å². The first-order valence-electron chi connectivity index (χ1n) is 6.24. The van der Waals surface area contributed by atoms with Gasteiger partial charge in [-0.1, -0.05) is 13.8 Å². The van der Waals surface area contributed by atoms with E-state index >= 15 is 0 Å². The molecule has 0 aliphatic carbocycles. The Hall–Kier alpha value is -1.71. The largest absolute Gasteiger partial charge is 0.492 e. The van der Waals surface area contributed by atoms with Gasteiger partial charge in [-0.2, -0.15) is 0 Å². The average Bonchev–Trinajstić information content (AvgIpc) is 2.28. The number of ether oxygens (including phenoxy) is 1. The number of nitrogens with two attached hydrogens (primary N) is 1. The molecule has 1 rings (SSSR count). The lowest BCUT2D eigenvalue weighted by atomic mass is 10.1. The number of hydrogen-bond acceptors (Lipinski definition) is 3. The fourth-order valence-electron chi connectivity index (χ4n) is 1.54. The zero-order valence-corrected chi connectivity index (χ0v) is 11.3. The van der Waals surface area contributed by atoms with Crippen LogP contribution in [0.3, 0.4) is 0 Å². The van der Waals surface area contributed by atoms with Crippen LogP contribution in [0, 0.1) is 12.8 Å². The van der Waals surface area contributed by atoms with Gasteiger partial charge in [0.15, 0.2) is 0 Å². The number of carbonyl (C=O) groups excluding carboxylic acids is 1. The lowest BCUT2D eigenvalue weighted by Gasteiger charge is -2.10. The molecule has 0 atom stereocenters. The summed E-state index contributed by atoms with van der Waals surface area (Å²) in [6.45, 7) is 6.97. The van der Waals surface area contributed by atoms with E-state index in [1.54, 1.807) is 0 Å². The second-order valence-corrected chi connectivity index (χ2v) is 4.81. The molecule has 1 aromatic rings. The zero-order chi connectivity index (χ0) is 13.5. The number of aryl methyl sites for hydroxylation is 1. The smallest absolute Gasteiger partial charge is 0.220 e. The van der Waals surface area contributed by atoms with E-state index in [0.29, 0.717) is 25.5 Å². The molecule has 0 heterocycles. The van der Waals surface area contributed by atoms with Crippen molar-refractivity contribution in [2.75, 3.05) is 18.9 Å². The molecule has 0 aliphatic rings. The third kappa shape index (κ3) is 5.08. The number of anilines is 1. The molecule has 0 saturated heterocycles. The van der Waals surface area contributed by atoms with Gasteiger partial charge in [0.2, 0.25) is 5.91 Å². The molecule has 4 nitrogen and oxygen atoms in total. The summed E-state index contributed by atoms with van der Waals surface area (Å²) in [5.41, 5.74) is 7.47. The number of nitrogens with one attached hydrogen (secondary N) is 1. The van der Waals surface area contributed by atoms with Crippen LogP contribution < -0.4 is 15.8 Å². The number of rotatable bonds is 6. The Morgan fingerprint density at radius 1 is 1.44 bits per heavy atom. The quantitative estimate of drug-likeness (QED) is 0.600. The van der Waals surface area contributed by atoms with Crippen molar-refractivity contribution >= 4 is 11.6 Å². The highest BCUT2D eigenvalue weighted by Gasteiger charge is 2.03. The molecule has 4 heteroatoms. The molecule has 0 radical (unpaired) electrons. The third-order valence-electron chi connectivity index (χ3n) is 2.53. The van der Waals surface area contributed by atoms with E-state index in [-0.39, 0.29) is 5.91 Å². The van der Waals surface area contributed by atoms with Crippen LogP contribution in [0.15, 0.2) is 18.2 Å². The summed E-state index contributed by atoms with van der Waals surface area (Å²) in [7, 11) is 0. The first-order chi connectivity index (χ1) is 8.49. The molecule has 3 N–H and O–H groups in total. The fraction of sp³-hybridized carbons (Fsp3) is 0.500. The van der Waals surface area contributed by atoms with Gasteiger partial charge >= 0.3 is 0 Å². The Balaban J connectivity index is 2.25. The summed E-state index contributed by atoms with van der Waals surface area (Å²) in [4.78, 5) is 11.4. The molecule has 0 unspecified atom stereocenters. The Labute approximate surface area is 109 Å². The molecule has 0 bridgehead atoms. The average molecular weight is 250 g/mol. The summed E-state index contributed by atoms with van der Waals surface area (Å²) < 4.78 is 5.53. The van der Waals surface area contributed by atoms with Gasteiger partial charge < -0.3 is 15.8 Å². The lowest BCUT2D eigenvalue weighted by Crippen LogP contribution is -2.28. The summed E-state index contributed by atoms with van der Waals surface area (Å²) in [6, 6.07) is 5.55. The molecule has 0 fully saturated rings. The van der Waals surface area contributed by atoms with Crippen LogP contribution in [0.1, 0.15) is 25.8 Å². The minimum Gasteiger partial charge on any atom is -0.492 e. The summed E-state index contributed by atoms with van der Waals surface area (Å²) >= 11 is 0. The monoisotopic (exact) mass is 250 g/mol. The van der Waals surface area contributed by atoms with Crippen LogP contribution in [0.4, 0.5) is 5.69 Å². The molecule has 0 aliphatic heterocycles. The SMILES string of the molecule is Cc1cc(OCCNC(=O)CC(C)C)ccc1N. The highest BCUT2D eigenvalue weighted by molar-refractivity contribution is 5.75. The number of amides is 1. The predicted octanol–water partition coefficient (Wildman–Crippen LogP) is 2.12. The Morgan fingerprint density at radius 2 is 2.17 bits per heavy atom. The van der Waals surface area contributed by atoms with Gasteiger partial charge in [-0.05, 0) is 36.6 Å². The molecule has 0 spiro atoms. The molecule has 1 aromatic carbocycles. The topological polar surface area (TPSA) is 64.3 Å². The highest BCUT2D eigenvalue weighted by Crippen LogP contribution is 2.18. The van der Waals surface area contributed by atoms with Gasteiger partial charge in [0.05, 0.1) is 6.54 Å². The third-order valence-corrected chi connectivity index (χ3v) is 2.53. The number of carbonyl (C=O) groups is 1. The maximum atomic E-state index is 11.4. The van der Waals surface area contributed by atoms with Crippen LogP contribution in [0.5, 0.6) is 5.75 Å². The van der Waals surface area contributed by atoms with E-state index < -0.39 is 0 Å². The van der Waals surface area contributed by atoms with Gasteiger partial charge in [0.1, 0.15) is 12.4 Å². The summed E-state index contributed by atoms with van der Waals surface area (Å²) in [5.74, 6) is 1.23. The second kappa shape index (κ2) is 6.89. The van der Waals surface area contributed by atoms with Gasteiger partial charge in [-0.25, -0.2) is 0 Å². The molecule has 0 saturated carbocycles. The maximum Gasteiger partial charge on any atom is 0.220 e. The summed E-state index contributed by atoms with van der Waals surface area (Å²) in [6.07, 6.45) is 0.557. The first-order valence-corrected chi connectivity index (χ1v) is 6.24. The molecule has 18 heavy (non-hydrogen) atoms. The lowest BCUT2D eigenvalue weighted by molar-refractivity contribution is -0.121. The van der Waals surface area contributed by atoms with E-state index in [1.807, 2.05) is 39.0 Å². The zero-order valence-electron chi connectivity index (χ0n) is 11.3. The van der Waals surface area contributed by atoms with E-state index in [1.165, 1.54) is 0 Å². The van der Waals surface area contributed by atoms with E-state index in [9.17, 15) is 4.79 Å². The van der Waals surface area contributed by atoms with Crippen molar-refractivity contribution in [2.45, 2.75) is 27.2 Å². The Kier molecular flexibility index (Phi) is 5.49. The molecule has 100 valence electrons. The molecule has 1 amide bonds. The fourth-order valence-corrected chi connectivity index (χ4v) is 1.54. The van der Waals surface area contributed by atoms with Crippen molar-refractivity contribution in [1.29, 1.82) is 0 Å². The van der Waals surface area contributed by atoms with E-state index in [4.69, 9.17) is 10.5 Å². The van der Waals surface area contributed by atoms with E-state index in [2.05, 4.69) is 5.32 Å². The minimum absolute atomic E-state index is 0.0714. The normalized spacial score (nSPS) is 10.4. The number of nitrogen functional groups attached to an aromatic ring is 1. The van der Waals surface area contributed by atoms with Crippen molar-refractivity contribution in [3.63, 3.8) is 0 Å². The minimum atomic E-state index is 0.0714. The van der Waals surface area contributed by atoms with Crippen LogP contribution in [0.25, 0.3) is 0 Å². The first kappa shape index (κ1) is 14.4. The van der Waals surface area contributed by atoms with Gasteiger partial charge in [-0.3, -0.25) is 4.79 Å². The van der Waals surface area contributed by atoms with E-state index in [0.717, 1.165) is 17.0 Å².